The summed E-state index contributed by atoms with van der Waals surface area (Å²) in [5, 5.41) is 3.27. The summed E-state index contributed by atoms with van der Waals surface area (Å²) >= 11 is 0. The Morgan fingerprint density at radius 1 is 1.43 bits per heavy atom. The van der Waals surface area contributed by atoms with Crippen LogP contribution in [-0.2, 0) is 0 Å². The van der Waals surface area contributed by atoms with Crippen LogP contribution in [0.3, 0.4) is 0 Å². The summed E-state index contributed by atoms with van der Waals surface area (Å²) in [5.41, 5.74) is 7.87. The predicted octanol–water partition coefficient (Wildman–Crippen LogP) is 1.96. The zero-order chi connectivity index (χ0) is 10.6. The molecule has 3 nitrogen and oxygen atoms in total. The molecule has 1 unspecified atom stereocenters. The first-order chi connectivity index (χ1) is 6.59. The molecule has 0 fully saturated rings. The molecule has 3 heteroatoms. The molecule has 78 valence electrons. The Hall–Kier alpha value is -1.09. The van der Waals surface area contributed by atoms with E-state index >= 15 is 0 Å². The van der Waals surface area contributed by atoms with Crippen LogP contribution in [0, 0.1) is 0 Å². The smallest absolute Gasteiger partial charge is 0.0449 e. The maximum Gasteiger partial charge on any atom is 0.0449 e. The van der Waals surface area contributed by atoms with Crippen molar-refractivity contribution in [2.45, 2.75) is 32.7 Å². The van der Waals surface area contributed by atoms with E-state index in [1.54, 1.807) is 0 Å². The first kappa shape index (κ1) is 11.0. The van der Waals surface area contributed by atoms with Gasteiger partial charge in [-0.25, -0.2) is 0 Å². The number of hydrogen-bond donors (Lipinski definition) is 2. The molecule has 0 aliphatic carbocycles. The Morgan fingerprint density at radius 2 is 2.14 bits per heavy atom. The van der Waals surface area contributed by atoms with E-state index in [9.17, 15) is 0 Å². The second kappa shape index (κ2) is 4.96. The number of nitrogens with one attached hydrogen (secondary N) is 1. The van der Waals surface area contributed by atoms with E-state index in [2.05, 4.69) is 30.2 Å². The average Bonchev–Trinajstić information content (AvgIpc) is 2.15. The zero-order valence-electron chi connectivity index (χ0n) is 9.12. The third kappa shape index (κ3) is 3.34. The number of hydrogen-bond acceptors (Lipinski definition) is 3. The monoisotopic (exact) mass is 193 g/mol. The van der Waals surface area contributed by atoms with Crippen molar-refractivity contribution < 1.29 is 0 Å². The van der Waals surface area contributed by atoms with Crippen LogP contribution in [0.1, 0.15) is 32.4 Å². The van der Waals surface area contributed by atoms with Gasteiger partial charge in [0, 0.05) is 30.2 Å². The van der Waals surface area contributed by atoms with Crippen LogP contribution in [-0.4, -0.2) is 17.6 Å². The van der Waals surface area contributed by atoms with Crippen molar-refractivity contribution in [1.29, 1.82) is 0 Å². The maximum atomic E-state index is 5.66. The quantitative estimate of drug-likeness (QED) is 0.768. The van der Waals surface area contributed by atoms with Crippen LogP contribution in [0.25, 0.3) is 0 Å². The summed E-state index contributed by atoms with van der Waals surface area (Å²) in [6.07, 6.45) is 1.83. The van der Waals surface area contributed by atoms with Crippen molar-refractivity contribution in [2.24, 2.45) is 5.73 Å². The fraction of sp³-hybridized carbons (Fsp3) is 0.545. The lowest BCUT2D eigenvalue weighted by atomic mass is 10.1. The Morgan fingerprint density at radius 3 is 2.71 bits per heavy atom. The van der Waals surface area contributed by atoms with Crippen LogP contribution in [0.15, 0.2) is 18.3 Å². The van der Waals surface area contributed by atoms with Gasteiger partial charge < -0.3 is 11.1 Å². The molecule has 0 bridgehead atoms. The third-order valence-electron chi connectivity index (χ3n) is 2.00. The van der Waals surface area contributed by atoms with E-state index < -0.39 is 0 Å². The second-order valence-corrected chi connectivity index (χ2v) is 3.98. The minimum Gasteiger partial charge on any atom is -0.383 e. The minimum atomic E-state index is 0.172. The normalized spacial score (nSPS) is 12.9. The number of nitrogens with two attached hydrogens (primary N) is 1. The van der Waals surface area contributed by atoms with E-state index in [1.165, 1.54) is 0 Å². The Kier molecular flexibility index (Phi) is 3.89. The molecule has 0 saturated heterocycles. The van der Waals surface area contributed by atoms with Gasteiger partial charge in [0.05, 0.1) is 0 Å². The summed E-state index contributed by atoms with van der Waals surface area (Å²) in [6.45, 7) is 7.05. The van der Waals surface area contributed by atoms with Crippen LogP contribution in [0.4, 0.5) is 5.69 Å². The van der Waals surface area contributed by atoms with E-state index in [1.807, 2.05) is 19.2 Å². The lowest BCUT2D eigenvalue weighted by Gasteiger charge is -2.11. The number of nitrogens with zero attached hydrogens (tertiary/aromatic N) is 1. The average molecular weight is 193 g/mol. The molecule has 1 heterocycles. The molecule has 0 aliphatic heterocycles. The number of pyridine rings is 1. The first-order valence-electron chi connectivity index (χ1n) is 5.05. The lowest BCUT2D eigenvalue weighted by Crippen LogP contribution is -2.25. The number of anilines is 1. The molecule has 0 spiro atoms. The molecule has 14 heavy (non-hydrogen) atoms. The van der Waals surface area contributed by atoms with Gasteiger partial charge in [0.2, 0.25) is 0 Å². The maximum absolute atomic E-state index is 5.66. The van der Waals surface area contributed by atoms with Crippen molar-refractivity contribution in [3.63, 3.8) is 0 Å². The van der Waals surface area contributed by atoms with E-state index in [0.29, 0.717) is 5.92 Å². The Balaban J connectivity index is 2.64. The van der Waals surface area contributed by atoms with Gasteiger partial charge in [0.1, 0.15) is 0 Å². The van der Waals surface area contributed by atoms with Gasteiger partial charge in [-0.1, -0.05) is 13.8 Å². The molecule has 1 rings (SSSR count). The SMILES string of the molecule is CC(N)CNc1ccnc(C(C)C)c1. The van der Waals surface area contributed by atoms with Crippen LogP contribution >= 0.6 is 0 Å². The lowest BCUT2D eigenvalue weighted by molar-refractivity contribution is 0.778. The summed E-state index contributed by atoms with van der Waals surface area (Å²) in [4.78, 5) is 4.29. The van der Waals surface area contributed by atoms with E-state index in [-0.39, 0.29) is 6.04 Å². The molecule has 1 aromatic heterocycles. The molecule has 1 aromatic rings. The standard InChI is InChI=1S/C11H19N3/c1-8(2)11-6-10(4-5-13-11)14-7-9(3)12/h4-6,8-9H,7,12H2,1-3H3,(H,13,14). The highest BCUT2D eigenvalue weighted by Gasteiger charge is 2.01. The predicted molar refractivity (Wildman–Crippen MR) is 60.5 cm³/mol. The topological polar surface area (TPSA) is 50.9 Å². The first-order valence-corrected chi connectivity index (χ1v) is 5.05. The van der Waals surface area contributed by atoms with Gasteiger partial charge in [-0.15, -0.1) is 0 Å². The van der Waals surface area contributed by atoms with Gasteiger partial charge in [-0.05, 0) is 25.0 Å². The summed E-state index contributed by atoms with van der Waals surface area (Å²) in [6, 6.07) is 4.21. The Bertz CT molecular complexity index is 282. The van der Waals surface area contributed by atoms with Crippen molar-refractivity contribution >= 4 is 5.69 Å². The van der Waals surface area contributed by atoms with Gasteiger partial charge in [0.25, 0.3) is 0 Å². The number of aromatic nitrogens is 1. The molecule has 0 saturated carbocycles. The van der Waals surface area contributed by atoms with E-state index in [4.69, 9.17) is 5.73 Å². The van der Waals surface area contributed by atoms with Crippen molar-refractivity contribution in [2.75, 3.05) is 11.9 Å². The largest absolute Gasteiger partial charge is 0.383 e. The fourth-order valence-corrected chi connectivity index (χ4v) is 1.15. The summed E-state index contributed by atoms with van der Waals surface area (Å²) in [7, 11) is 0. The van der Waals surface area contributed by atoms with Crippen LogP contribution in [0.5, 0.6) is 0 Å². The van der Waals surface area contributed by atoms with Crippen LogP contribution in [0.2, 0.25) is 0 Å². The molecular formula is C11H19N3. The highest BCUT2D eigenvalue weighted by atomic mass is 14.9. The molecule has 3 N–H and O–H groups in total. The second-order valence-electron chi connectivity index (χ2n) is 3.98. The van der Waals surface area contributed by atoms with Gasteiger partial charge in [0.15, 0.2) is 0 Å². The Labute approximate surface area is 85.7 Å². The molecule has 0 radical (unpaired) electrons. The van der Waals surface area contributed by atoms with Gasteiger partial charge >= 0.3 is 0 Å². The minimum absolute atomic E-state index is 0.172. The number of rotatable bonds is 4. The molecular weight excluding hydrogens is 174 g/mol. The molecule has 0 amide bonds. The van der Waals surface area contributed by atoms with Gasteiger partial charge in [-0.3, -0.25) is 4.98 Å². The molecule has 0 aromatic carbocycles. The summed E-state index contributed by atoms with van der Waals surface area (Å²) < 4.78 is 0. The van der Waals surface area contributed by atoms with Crippen molar-refractivity contribution in [1.82, 2.24) is 4.98 Å². The molecule has 1 atom stereocenters. The van der Waals surface area contributed by atoms with Crippen molar-refractivity contribution in [3.8, 4) is 0 Å². The molecule has 0 aliphatic rings. The van der Waals surface area contributed by atoms with E-state index in [0.717, 1.165) is 17.9 Å². The highest BCUT2D eigenvalue weighted by molar-refractivity contribution is 5.43. The highest BCUT2D eigenvalue weighted by Crippen LogP contribution is 2.15. The zero-order valence-corrected chi connectivity index (χ0v) is 9.12. The fourth-order valence-electron chi connectivity index (χ4n) is 1.15. The van der Waals surface area contributed by atoms with Crippen LogP contribution < -0.4 is 11.1 Å². The van der Waals surface area contributed by atoms with Crippen molar-refractivity contribution in [3.05, 3.63) is 24.0 Å². The summed E-state index contributed by atoms with van der Waals surface area (Å²) in [5.74, 6) is 0.465. The third-order valence-corrected chi connectivity index (χ3v) is 2.00. The van der Waals surface area contributed by atoms with Gasteiger partial charge in [-0.2, -0.15) is 0 Å².